The molecule has 8 atom stereocenters. The van der Waals surface area contributed by atoms with Crippen LogP contribution in [-0.2, 0) is 0 Å². The molecule has 8 heteroatoms. The van der Waals surface area contributed by atoms with Crippen molar-refractivity contribution in [2.24, 2.45) is 23.7 Å². The average molecular weight is 525 g/mol. The number of halogens is 8. The molecule has 0 nitrogen and oxygen atoms in total. The van der Waals surface area contributed by atoms with Crippen molar-refractivity contribution in [2.45, 2.75) is 30.2 Å². The summed E-state index contributed by atoms with van der Waals surface area (Å²) in [5, 5.41) is 0.640. The van der Waals surface area contributed by atoms with Gasteiger partial charge in [-0.1, -0.05) is 78.3 Å². The van der Waals surface area contributed by atoms with E-state index in [1.165, 1.54) is 0 Å². The maximum Gasteiger partial charge on any atom is 0.166 e. The van der Waals surface area contributed by atoms with Gasteiger partial charge in [0.15, 0.2) is 4.33 Å². The molecule has 0 N–H and O–H groups in total. The molecule has 0 spiro atoms. The Labute approximate surface area is 164 Å². The van der Waals surface area contributed by atoms with Gasteiger partial charge in [0, 0.05) is 9.65 Å². The van der Waals surface area contributed by atoms with Crippen LogP contribution in [0.3, 0.4) is 0 Å². The summed E-state index contributed by atoms with van der Waals surface area (Å²) in [7, 11) is 0. The van der Waals surface area contributed by atoms with Gasteiger partial charge in [-0.15, -0.1) is 23.2 Å². The van der Waals surface area contributed by atoms with Gasteiger partial charge >= 0.3 is 0 Å². The first-order chi connectivity index (χ1) is 9.11. The predicted molar refractivity (Wildman–Crippen MR) is 94.3 cm³/mol. The molecule has 0 saturated heterocycles. The molecule has 0 aromatic rings. The van der Waals surface area contributed by atoms with Crippen LogP contribution in [0.4, 0.5) is 0 Å². The maximum absolute atomic E-state index is 6.87. The normalized spacial score (nSPS) is 62.4. The van der Waals surface area contributed by atoms with Crippen molar-refractivity contribution >= 4 is 101 Å². The highest BCUT2D eigenvalue weighted by Gasteiger charge is 2.87. The lowest BCUT2D eigenvalue weighted by molar-refractivity contribution is 0.233. The van der Waals surface area contributed by atoms with Crippen molar-refractivity contribution in [3.8, 4) is 0 Å². The lowest BCUT2D eigenvalue weighted by Crippen LogP contribution is -2.46. The van der Waals surface area contributed by atoms with Gasteiger partial charge in [-0.25, -0.2) is 0 Å². The minimum atomic E-state index is -1.40. The summed E-state index contributed by atoms with van der Waals surface area (Å²) in [6, 6.07) is 0. The van der Waals surface area contributed by atoms with E-state index in [-0.39, 0.29) is 11.8 Å². The van der Waals surface area contributed by atoms with Crippen LogP contribution in [0, 0.1) is 23.7 Å². The molecule has 4 aliphatic carbocycles. The molecule has 0 heterocycles. The minimum Gasteiger partial charge on any atom is -0.109 e. The van der Waals surface area contributed by atoms with E-state index in [4.69, 9.17) is 69.6 Å². The fourth-order valence-corrected chi connectivity index (χ4v) is 9.93. The van der Waals surface area contributed by atoms with Crippen LogP contribution in [0.2, 0.25) is 0 Å². The van der Waals surface area contributed by atoms with Gasteiger partial charge in [-0.2, -0.15) is 0 Å². The van der Waals surface area contributed by atoms with E-state index in [0.717, 1.165) is 6.42 Å². The third kappa shape index (κ3) is 1.32. The molecule has 3 fully saturated rings. The largest absolute Gasteiger partial charge is 0.166 e. The summed E-state index contributed by atoms with van der Waals surface area (Å²) in [5.74, 6) is 0.746. The van der Waals surface area contributed by atoms with Gasteiger partial charge < -0.3 is 0 Å². The Balaban J connectivity index is 1.98. The summed E-state index contributed by atoms with van der Waals surface area (Å²) in [6.45, 7) is 0. The molecule has 3 saturated carbocycles. The third-order valence-electron chi connectivity index (χ3n) is 5.64. The van der Waals surface area contributed by atoms with E-state index in [0.29, 0.717) is 31.6 Å². The summed E-state index contributed by atoms with van der Waals surface area (Å²) in [4.78, 5) is -1.56. The molecule has 0 aromatic heterocycles. The summed E-state index contributed by atoms with van der Waals surface area (Å²) >= 11 is 47.3. The number of alkyl halides is 6. The van der Waals surface area contributed by atoms with Crippen LogP contribution in [0.1, 0.15) is 6.42 Å². The number of allylic oxidation sites excluding steroid dienone is 2. The van der Waals surface area contributed by atoms with E-state index in [1.54, 1.807) is 0 Å². The van der Waals surface area contributed by atoms with Gasteiger partial charge in [0.2, 0.25) is 0 Å². The van der Waals surface area contributed by atoms with Crippen LogP contribution in [0.25, 0.3) is 0 Å². The second-order valence-corrected chi connectivity index (χ2v) is 11.5. The first-order valence-corrected chi connectivity index (χ1v) is 10.3. The van der Waals surface area contributed by atoms with Crippen LogP contribution in [0.15, 0.2) is 10.1 Å². The third-order valence-corrected chi connectivity index (χ3v) is 13.1. The Morgan fingerprint density at radius 3 is 1.50 bits per heavy atom. The van der Waals surface area contributed by atoms with E-state index in [1.807, 2.05) is 0 Å². The smallest absolute Gasteiger partial charge is 0.109 e. The molecule has 0 aromatic carbocycles. The first-order valence-electron chi connectivity index (χ1n) is 6.21. The number of hydrogen-bond donors (Lipinski definition) is 0. The average Bonchev–Trinajstić information content (AvgIpc) is 2.97. The fourth-order valence-electron chi connectivity index (χ4n) is 4.92. The summed E-state index contributed by atoms with van der Waals surface area (Å²) < 4.78 is -1.40. The highest BCUT2D eigenvalue weighted by Crippen LogP contribution is 2.83. The quantitative estimate of drug-likeness (QED) is 0.260. The number of fused-ring (bicyclic) bond motifs is 9. The van der Waals surface area contributed by atoms with Crippen LogP contribution >= 0.6 is 101 Å². The Morgan fingerprint density at radius 1 is 0.800 bits per heavy atom. The van der Waals surface area contributed by atoms with Crippen molar-refractivity contribution in [3.05, 3.63) is 10.1 Å². The van der Waals surface area contributed by atoms with Gasteiger partial charge in [0.05, 0.1) is 10.1 Å². The molecule has 0 amide bonds. The molecule has 0 unspecified atom stereocenters. The lowest BCUT2D eigenvalue weighted by Gasteiger charge is -2.43. The van der Waals surface area contributed by atoms with Gasteiger partial charge in [-0.3, -0.25) is 0 Å². The zero-order chi connectivity index (χ0) is 14.8. The first kappa shape index (κ1) is 15.9. The van der Waals surface area contributed by atoms with E-state index >= 15 is 0 Å². The Bertz CT molecular complexity index is 506. The molecule has 20 heavy (non-hydrogen) atoms. The fraction of sp³-hybridized carbons (Fsp3) is 0.833. The van der Waals surface area contributed by atoms with Gasteiger partial charge in [0.25, 0.3) is 0 Å². The number of rotatable bonds is 0. The van der Waals surface area contributed by atoms with Crippen molar-refractivity contribution in [1.82, 2.24) is 0 Å². The van der Waals surface area contributed by atoms with Crippen molar-refractivity contribution in [1.29, 1.82) is 0 Å². The van der Waals surface area contributed by atoms with E-state index in [2.05, 4.69) is 31.9 Å². The zero-order valence-corrected chi connectivity index (χ0v) is 17.4. The molecule has 0 aliphatic heterocycles. The second-order valence-electron chi connectivity index (χ2n) is 6.13. The SMILES string of the molecule is ClC1=C(Cl)[C@@]2(Cl)[C@H]3[C@H]4C[C@@H]([C@H](Br)[C@H]4Br)[C@H]3[C@@]1(Cl)C2(Cl)Cl. The van der Waals surface area contributed by atoms with Crippen molar-refractivity contribution < 1.29 is 0 Å². The Morgan fingerprint density at radius 2 is 1.15 bits per heavy atom. The van der Waals surface area contributed by atoms with E-state index < -0.39 is 14.1 Å². The molecular weight excluding hydrogens is 517 g/mol. The van der Waals surface area contributed by atoms with Crippen LogP contribution < -0.4 is 0 Å². The lowest BCUT2D eigenvalue weighted by atomic mass is 9.72. The minimum absolute atomic E-state index is 0.0369. The van der Waals surface area contributed by atoms with Gasteiger partial charge in [-0.05, 0) is 30.1 Å². The summed E-state index contributed by atoms with van der Waals surface area (Å²) in [6.07, 6.45) is 1.03. The van der Waals surface area contributed by atoms with Crippen LogP contribution in [-0.4, -0.2) is 23.7 Å². The Kier molecular flexibility index (Phi) is 3.46. The van der Waals surface area contributed by atoms with E-state index in [9.17, 15) is 0 Å². The molecule has 112 valence electrons. The van der Waals surface area contributed by atoms with Crippen molar-refractivity contribution in [3.63, 3.8) is 0 Å². The van der Waals surface area contributed by atoms with Gasteiger partial charge in [0.1, 0.15) is 9.75 Å². The standard InChI is InChI=1S/C12H8Br2Cl6/c13-6-2-1-3(7(6)14)5-4(2)10(17)8(15)9(16)11(5,18)12(10,19)20/h2-7H,1H2/t2-,3-,4-,5+,6+,7+,10+,11+/m1/s1. The molecule has 4 bridgehead atoms. The molecular formula is C12H8Br2Cl6. The number of hydrogen-bond acceptors (Lipinski definition) is 0. The summed E-state index contributed by atoms with van der Waals surface area (Å²) in [5.41, 5.74) is 0. The van der Waals surface area contributed by atoms with Crippen molar-refractivity contribution in [2.75, 3.05) is 0 Å². The highest BCUT2D eigenvalue weighted by molar-refractivity contribution is 9.12. The monoisotopic (exact) mass is 520 g/mol. The topological polar surface area (TPSA) is 0 Å². The molecule has 0 radical (unpaired) electrons. The molecule has 4 rings (SSSR count). The van der Waals surface area contributed by atoms with Crippen LogP contribution in [0.5, 0.6) is 0 Å². The predicted octanol–water partition coefficient (Wildman–Crippen LogP) is 6.24. The Hall–Kier alpha value is 2.44. The molecule has 4 aliphatic rings. The zero-order valence-electron chi connectivity index (χ0n) is 9.69. The maximum atomic E-state index is 6.87. The second kappa shape index (κ2) is 4.34. The highest BCUT2D eigenvalue weighted by atomic mass is 79.9.